The van der Waals surface area contributed by atoms with Crippen molar-refractivity contribution in [3.8, 4) is 0 Å². The van der Waals surface area contributed by atoms with E-state index in [-0.39, 0.29) is 23.1 Å². The van der Waals surface area contributed by atoms with E-state index in [2.05, 4.69) is 0 Å². The number of hydrogen-bond acceptors (Lipinski definition) is 1. The molecule has 1 rings (SSSR count). The van der Waals surface area contributed by atoms with Crippen LogP contribution in [0.2, 0.25) is 0 Å². The molecule has 0 saturated heterocycles. The van der Waals surface area contributed by atoms with E-state index in [0.29, 0.717) is 0 Å². The fourth-order valence-electron chi connectivity index (χ4n) is 0.453. The Morgan fingerprint density at radius 2 is 1.50 bits per heavy atom. The summed E-state index contributed by atoms with van der Waals surface area (Å²) in [6, 6.07) is 9.49. The van der Waals surface area contributed by atoms with Crippen molar-refractivity contribution in [3.05, 3.63) is 30.3 Å². The Hall–Kier alpha value is -0.214. The summed E-state index contributed by atoms with van der Waals surface area (Å²) in [4.78, 5) is 0. The number of para-hydroxylation sites is 1. The molecule has 0 aliphatic rings. The molecule has 0 aliphatic carbocycles. The van der Waals surface area contributed by atoms with Gasteiger partial charge in [0.25, 0.3) is 0 Å². The fourth-order valence-corrected chi connectivity index (χ4v) is 0.453. The summed E-state index contributed by atoms with van der Waals surface area (Å²) in [6.07, 6.45) is 0. The first-order valence-corrected chi connectivity index (χ1v) is 2.20. The second-order valence-corrected chi connectivity index (χ2v) is 1.41. The number of nitrogens with two attached hydrogens (primary N) is 1. The van der Waals surface area contributed by atoms with Crippen LogP contribution in [0.3, 0.4) is 0 Å². The van der Waals surface area contributed by atoms with Crippen molar-refractivity contribution in [3.63, 3.8) is 0 Å². The monoisotopic (exact) mass is 117 g/mol. The van der Waals surface area contributed by atoms with E-state index in [0.717, 1.165) is 5.69 Å². The Balaban J connectivity index is 0.000000490. The smallest absolute Gasteiger partial charge is 0.399 e. The molecule has 0 unspecified atom stereocenters. The molecule has 0 amide bonds. The Morgan fingerprint density at radius 3 is 1.75 bits per heavy atom. The molecule has 0 fully saturated rings. The van der Waals surface area contributed by atoms with Crippen LogP contribution in [0.1, 0.15) is 0 Å². The van der Waals surface area contributed by atoms with Crippen molar-refractivity contribution >= 4 is 28.7 Å². The van der Waals surface area contributed by atoms with Crippen molar-refractivity contribution in [2.24, 2.45) is 0 Å². The molecular formula is C6H7MgN+2. The van der Waals surface area contributed by atoms with Gasteiger partial charge in [-0.05, 0) is 12.1 Å². The van der Waals surface area contributed by atoms with Crippen LogP contribution in [0.5, 0.6) is 0 Å². The van der Waals surface area contributed by atoms with Crippen molar-refractivity contribution in [2.75, 3.05) is 5.73 Å². The van der Waals surface area contributed by atoms with Crippen LogP contribution in [-0.4, -0.2) is 23.1 Å². The molecule has 1 aromatic rings. The van der Waals surface area contributed by atoms with Crippen molar-refractivity contribution in [1.82, 2.24) is 0 Å². The summed E-state index contributed by atoms with van der Waals surface area (Å²) < 4.78 is 0. The van der Waals surface area contributed by atoms with E-state index in [9.17, 15) is 0 Å². The SMILES string of the molecule is Nc1ccccc1.[Mg+2]. The maximum atomic E-state index is 5.36. The third kappa shape index (κ3) is 2.19. The van der Waals surface area contributed by atoms with Gasteiger partial charge in [0.05, 0.1) is 0 Å². The van der Waals surface area contributed by atoms with Gasteiger partial charge in [0.15, 0.2) is 0 Å². The predicted molar refractivity (Wildman–Crippen MR) is 36.6 cm³/mol. The third-order valence-corrected chi connectivity index (χ3v) is 0.800. The molecule has 1 aromatic carbocycles. The number of nitrogen functional groups attached to an aromatic ring is 1. The fraction of sp³-hybridized carbons (Fsp3) is 0. The minimum Gasteiger partial charge on any atom is -0.399 e. The van der Waals surface area contributed by atoms with Gasteiger partial charge < -0.3 is 5.73 Å². The van der Waals surface area contributed by atoms with Crippen LogP contribution >= 0.6 is 0 Å². The number of hydrogen-bond donors (Lipinski definition) is 1. The Labute approximate surface area is 65.0 Å². The minimum absolute atomic E-state index is 0. The van der Waals surface area contributed by atoms with Gasteiger partial charge in [0.2, 0.25) is 0 Å². The molecule has 0 radical (unpaired) electrons. The topological polar surface area (TPSA) is 26.0 Å². The zero-order valence-electron chi connectivity index (χ0n) is 4.67. The summed E-state index contributed by atoms with van der Waals surface area (Å²) in [5.41, 5.74) is 6.18. The second kappa shape index (κ2) is 3.75. The molecule has 0 saturated carbocycles. The van der Waals surface area contributed by atoms with Crippen molar-refractivity contribution < 1.29 is 0 Å². The molecule has 2 N–H and O–H groups in total. The molecule has 0 aliphatic heterocycles. The van der Waals surface area contributed by atoms with Gasteiger partial charge in [-0.15, -0.1) is 0 Å². The van der Waals surface area contributed by atoms with Gasteiger partial charge in [0, 0.05) is 5.69 Å². The van der Waals surface area contributed by atoms with Crippen LogP contribution in [0.15, 0.2) is 30.3 Å². The van der Waals surface area contributed by atoms with E-state index in [1.54, 1.807) is 0 Å². The number of rotatable bonds is 0. The van der Waals surface area contributed by atoms with Crippen LogP contribution in [0.25, 0.3) is 0 Å². The third-order valence-electron chi connectivity index (χ3n) is 0.800. The van der Waals surface area contributed by atoms with Crippen molar-refractivity contribution in [2.45, 2.75) is 0 Å². The average molecular weight is 117 g/mol. The maximum Gasteiger partial charge on any atom is 2.00 e. The van der Waals surface area contributed by atoms with Crippen LogP contribution in [-0.2, 0) is 0 Å². The molecule has 0 heterocycles. The van der Waals surface area contributed by atoms with Crippen LogP contribution < -0.4 is 5.73 Å². The van der Waals surface area contributed by atoms with Gasteiger partial charge >= 0.3 is 23.1 Å². The van der Waals surface area contributed by atoms with Gasteiger partial charge in [-0.2, -0.15) is 0 Å². The molecule has 1 nitrogen and oxygen atoms in total. The summed E-state index contributed by atoms with van der Waals surface area (Å²) >= 11 is 0. The molecule has 0 atom stereocenters. The van der Waals surface area contributed by atoms with Gasteiger partial charge in [-0.1, -0.05) is 18.2 Å². The first-order valence-electron chi connectivity index (χ1n) is 2.20. The zero-order chi connectivity index (χ0) is 5.11. The zero-order valence-corrected chi connectivity index (χ0v) is 6.09. The van der Waals surface area contributed by atoms with E-state index >= 15 is 0 Å². The molecule has 0 spiro atoms. The summed E-state index contributed by atoms with van der Waals surface area (Å²) in [6.45, 7) is 0. The standard InChI is InChI=1S/C6H7N.Mg/c7-6-4-2-1-3-5-6;/h1-5H,7H2;/q;+2. The Bertz CT molecular complexity index is 138. The van der Waals surface area contributed by atoms with E-state index in [1.807, 2.05) is 30.3 Å². The molecular weight excluding hydrogens is 110 g/mol. The number of anilines is 1. The maximum absolute atomic E-state index is 5.36. The minimum atomic E-state index is 0. The molecule has 0 aromatic heterocycles. The molecule has 8 heavy (non-hydrogen) atoms. The van der Waals surface area contributed by atoms with E-state index in [1.165, 1.54) is 0 Å². The van der Waals surface area contributed by atoms with Crippen LogP contribution in [0.4, 0.5) is 5.69 Å². The number of benzene rings is 1. The average Bonchev–Trinajstić information content (AvgIpc) is 1.69. The van der Waals surface area contributed by atoms with Crippen LogP contribution in [0, 0.1) is 0 Å². The predicted octanol–water partition coefficient (Wildman–Crippen LogP) is 0.888. The molecule has 0 bridgehead atoms. The van der Waals surface area contributed by atoms with Crippen molar-refractivity contribution in [1.29, 1.82) is 0 Å². The summed E-state index contributed by atoms with van der Waals surface area (Å²) in [5, 5.41) is 0. The molecule has 2 heteroatoms. The first-order chi connectivity index (χ1) is 3.39. The first kappa shape index (κ1) is 7.79. The summed E-state index contributed by atoms with van der Waals surface area (Å²) in [7, 11) is 0. The van der Waals surface area contributed by atoms with E-state index < -0.39 is 0 Å². The second-order valence-electron chi connectivity index (χ2n) is 1.41. The van der Waals surface area contributed by atoms with Gasteiger partial charge in [-0.3, -0.25) is 0 Å². The van der Waals surface area contributed by atoms with Gasteiger partial charge in [-0.25, -0.2) is 0 Å². The Morgan fingerprint density at radius 1 is 1.00 bits per heavy atom. The normalized spacial score (nSPS) is 7.50. The quantitative estimate of drug-likeness (QED) is 0.396. The largest absolute Gasteiger partial charge is 2.00 e. The summed E-state index contributed by atoms with van der Waals surface area (Å²) in [5.74, 6) is 0. The van der Waals surface area contributed by atoms with Gasteiger partial charge in [0.1, 0.15) is 0 Å². The Kier molecular flexibility index (Phi) is 3.65. The van der Waals surface area contributed by atoms with E-state index in [4.69, 9.17) is 5.73 Å². The molecule has 36 valence electrons.